The first-order chi connectivity index (χ1) is 8.58. The number of esters is 1. The number of ether oxygens (including phenoxy) is 2. The number of ketones is 1. The lowest BCUT2D eigenvalue weighted by Crippen LogP contribution is -2.15. The number of hydrogen-bond donors (Lipinski definition) is 0. The molecule has 1 aromatic rings. The molecule has 0 atom stereocenters. The standard InChI is InChI=1S/C12H12ClNO4/c1-3-18-12(16)9(15)7-10(17-2)8-4-5-14-11(13)6-8/h4-7H,3H2,1-2H3/b10-7-. The first-order valence-electron chi connectivity index (χ1n) is 5.17. The van der Waals surface area contributed by atoms with E-state index in [0.29, 0.717) is 5.56 Å². The minimum absolute atomic E-state index is 0.141. The van der Waals surface area contributed by atoms with Crippen LogP contribution in [0.1, 0.15) is 12.5 Å². The Balaban J connectivity index is 2.96. The highest BCUT2D eigenvalue weighted by Crippen LogP contribution is 2.17. The van der Waals surface area contributed by atoms with Crippen LogP contribution in [0.3, 0.4) is 0 Å². The van der Waals surface area contributed by atoms with Crippen molar-refractivity contribution in [2.75, 3.05) is 13.7 Å². The third kappa shape index (κ3) is 3.85. The van der Waals surface area contributed by atoms with E-state index in [2.05, 4.69) is 9.72 Å². The predicted octanol–water partition coefficient (Wildman–Crippen LogP) is 1.85. The Morgan fingerprint density at radius 2 is 2.22 bits per heavy atom. The molecule has 0 unspecified atom stereocenters. The van der Waals surface area contributed by atoms with Crippen LogP contribution in [0.4, 0.5) is 0 Å². The van der Waals surface area contributed by atoms with Gasteiger partial charge >= 0.3 is 5.97 Å². The van der Waals surface area contributed by atoms with Crippen molar-refractivity contribution in [3.63, 3.8) is 0 Å². The van der Waals surface area contributed by atoms with Gasteiger partial charge in [-0.15, -0.1) is 0 Å². The largest absolute Gasteiger partial charge is 0.496 e. The van der Waals surface area contributed by atoms with Crippen molar-refractivity contribution in [2.45, 2.75) is 6.92 Å². The van der Waals surface area contributed by atoms with Crippen molar-refractivity contribution >= 4 is 29.1 Å². The molecule has 0 saturated heterocycles. The predicted molar refractivity (Wildman–Crippen MR) is 65.9 cm³/mol. The Morgan fingerprint density at radius 1 is 1.50 bits per heavy atom. The molecule has 1 rings (SSSR count). The number of methoxy groups -OCH3 is 1. The van der Waals surface area contributed by atoms with Crippen molar-refractivity contribution < 1.29 is 19.1 Å². The van der Waals surface area contributed by atoms with Crippen LogP contribution in [0.15, 0.2) is 24.4 Å². The summed E-state index contributed by atoms with van der Waals surface area (Å²) in [5.74, 6) is -1.49. The van der Waals surface area contributed by atoms with Crippen LogP contribution in [0.2, 0.25) is 5.15 Å². The molecule has 0 spiro atoms. The maximum absolute atomic E-state index is 11.5. The van der Waals surface area contributed by atoms with Gasteiger partial charge in [0, 0.05) is 17.8 Å². The number of carbonyl (C=O) groups is 2. The van der Waals surface area contributed by atoms with Gasteiger partial charge in [0.2, 0.25) is 0 Å². The van der Waals surface area contributed by atoms with Gasteiger partial charge in [-0.1, -0.05) is 11.6 Å². The van der Waals surface area contributed by atoms with Gasteiger partial charge in [-0.25, -0.2) is 9.78 Å². The minimum Gasteiger partial charge on any atom is -0.496 e. The van der Waals surface area contributed by atoms with E-state index in [1.54, 1.807) is 13.0 Å². The summed E-state index contributed by atoms with van der Waals surface area (Å²) in [5, 5.41) is 0.263. The van der Waals surface area contributed by atoms with E-state index in [1.807, 2.05) is 0 Å². The van der Waals surface area contributed by atoms with Gasteiger partial charge in [0.15, 0.2) is 0 Å². The molecule has 0 saturated carbocycles. The van der Waals surface area contributed by atoms with E-state index in [0.717, 1.165) is 6.08 Å². The van der Waals surface area contributed by atoms with Crippen LogP contribution in [-0.4, -0.2) is 30.5 Å². The molecule has 1 heterocycles. The first kappa shape index (κ1) is 14.2. The van der Waals surface area contributed by atoms with Crippen molar-refractivity contribution in [1.29, 1.82) is 0 Å². The van der Waals surface area contributed by atoms with Crippen LogP contribution in [0.25, 0.3) is 5.76 Å². The van der Waals surface area contributed by atoms with Gasteiger partial charge < -0.3 is 9.47 Å². The number of aromatic nitrogens is 1. The summed E-state index contributed by atoms with van der Waals surface area (Å²) in [6.07, 6.45) is 2.53. The maximum atomic E-state index is 11.5. The van der Waals surface area contributed by atoms with E-state index in [1.165, 1.54) is 19.4 Å². The molecular weight excluding hydrogens is 258 g/mol. The molecule has 96 valence electrons. The van der Waals surface area contributed by atoms with E-state index in [-0.39, 0.29) is 17.5 Å². The van der Waals surface area contributed by atoms with Gasteiger partial charge in [0.1, 0.15) is 10.9 Å². The molecule has 5 nitrogen and oxygen atoms in total. The van der Waals surface area contributed by atoms with Crippen LogP contribution in [-0.2, 0) is 19.1 Å². The van der Waals surface area contributed by atoms with Crippen LogP contribution in [0.5, 0.6) is 0 Å². The topological polar surface area (TPSA) is 65.5 Å². The molecule has 0 aliphatic rings. The second kappa shape index (κ2) is 6.76. The Hall–Kier alpha value is -1.88. The molecule has 0 radical (unpaired) electrons. The normalized spacial score (nSPS) is 10.9. The molecule has 0 bridgehead atoms. The monoisotopic (exact) mass is 269 g/mol. The van der Waals surface area contributed by atoms with E-state index in [4.69, 9.17) is 16.3 Å². The smallest absolute Gasteiger partial charge is 0.379 e. The number of nitrogens with zero attached hydrogens (tertiary/aromatic N) is 1. The quantitative estimate of drug-likeness (QED) is 0.268. The average molecular weight is 270 g/mol. The van der Waals surface area contributed by atoms with Crippen molar-refractivity contribution in [2.24, 2.45) is 0 Å². The maximum Gasteiger partial charge on any atom is 0.379 e. The fourth-order valence-electron chi connectivity index (χ4n) is 1.20. The summed E-state index contributed by atoms with van der Waals surface area (Å²) >= 11 is 5.72. The number of halogens is 1. The lowest BCUT2D eigenvalue weighted by atomic mass is 10.2. The van der Waals surface area contributed by atoms with Gasteiger partial charge in [0.25, 0.3) is 5.78 Å². The zero-order valence-electron chi connectivity index (χ0n) is 9.97. The summed E-state index contributed by atoms with van der Waals surface area (Å²) in [5.41, 5.74) is 0.551. The number of pyridine rings is 1. The lowest BCUT2D eigenvalue weighted by molar-refractivity contribution is -0.151. The highest BCUT2D eigenvalue weighted by atomic mass is 35.5. The fraction of sp³-hybridized carbons (Fsp3) is 0.250. The molecule has 18 heavy (non-hydrogen) atoms. The van der Waals surface area contributed by atoms with E-state index < -0.39 is 11.8 Å². The molecule has 0 amide bonds. The van der Waals surface area contributed by atoms with Crippen molar-refractivity contribution in [1.82, 2.24) is 4.98 Å². The van der Waals surface area contributed by atoms with Gasteiger partial charge in [-0.05, 0) is 19.1 Å². The molecule has 0 aliphatic carbocycles. The molecule has 6 heteroatoms. The third-order valence-electron chi connectivity index (χ3n) is 1.97. The van der Waals surface area contributed by atoms with Crippen molar-refractivity contribution in [3.8, 4) is 0 Å². The molecule has 0 N–H and O–H groups in total. The highest BCUT2D eigenvalue weighted by Gasteiger charge is 2.14. The van der Waals surface area contributed by atoms with E-state index >= 15 is 0 Å². The Kier molecular flexibility index (Phi) is 5.32. The minimum atomic E-state index is -0.924. The number of rotatable bonds is 5. The third-order valence-corrected chi connectivity index (χ3v) is 2.18. The number of hydrogen-bond acceptors (Lipinski definition) is 5. The molecule has 0 fully saturated rings. The van der Waals surface area contributed by atoms with Crippen molar-refractivity contribution in [3.05, 3.63) is 35.1 Å². The fourth-order valence-corrected chi connectivity index (χ4v) is 1.37. The lowest BCUT2D eigenvalue weighted by Gasteiger charge is -2.06. The summed E-state index contributed by atoms with van der Waals surface area (Å²) in [6.45, 7) is 1.76. The highest BCUT2D eigenvalue weighted by molar-refractivity contribution is 6.39. The summed E-state index contributed by atoms with van der Waals surface area (Å²) < 4.78 is 9.62. The first-order valence-corrected chi connectivity index (χ1v) is 5.55. The molecule has 0 aliphatic heterocycles. The van der Waals surface area contributed by atoms with Gasteiger partial charge in [-0.2, -0.15) is 0 Å². The summed E-state index contributed by atoms with van der Waals surface area (Å²) in [4.78, 5) is 26.5. The second-order valence-corrected chi connectivity index (χ2v) is 3.55. The molecule has 1 aromatic heterocycles. The summed E-state index contributed by atoms with van der Waals surface area (Å²) in [6, 6.07) is 3.13. The number of carbonyl (C=O) groups excluding carboxylic acids is 2. The van der Waals surface area contributed by atoms with Gasteiger partial charge in [-0.3, -0.25) is 4.79 Å². The zero-order valence-corrected chi connectivity index (χ0v) is 10.7. The molecule has 0 aromatic carbocycles. The zero-order chi connectivity index (χ0) is 13.5. The average Bonchev–Trinajstić information content (AvgIpc) is 2.35. The van der Waals surface area contributed by atoms with Gasteiger partial charge in [0.05, 0.1) is 13.7 Å². The SMILES string of the molecule is CCOC(=O)C(=O)/C=C(\OC)c1ccnc(Cl)c1. The summed E-state index contributed by atoms with van der Waals surface area (Å²) in [7, 11) is 1.39. The molecular formula is C12H12ClNO4. The van der Waals surface area contributed by atoms with Crippen LogP contribution < -0.4 is 0 Å². The van der Waals surface area contributed by atoms with Crippen LogP contribution in [0, 0.1) is 0 Å². The second-order valence-electron chi connectivity index (χ2n) is 3.16. The Morgan fingerprint density at radius 3 is 2.78 bits per heavy atom. The Labute approximate surface area is 109 Å². The van der Waals surface area contributed by atoms with Crippen LogP contribution >= 0.6 is 11.6 Å². The van der Waals surface area contributed by atoms with E-state index in [9.17, 15) is 9.59 Å². The Bertz CT molecular complexity index is 485.